The van der Waals surface area contributed by atoms with E-state index < -0.39 is 0 Å². The van der Waals surface area contributed by atoms with E-state index in [9.17, 15) is 9.59 Å². The van der Waals surface area contributed by atoms with Crippen molar-refractivity contribution in [3.63, 3.8) is 0 Å². The van der Waals surface area contributed by atoms with Gasteiger partial charge in [-0.3, -0.25) is 4.79 Å². The Bertz CT molecular complexity index is 464. The predicted molar refractivity (Wildman–Crippen MR) is 74.8 cm³/mol. The van der Waals surface area contributed by atoms with Gasteiger partial charge in [-0.1, -0.05) is 12.8 Å². The van der Waals surface area contributed by atoms with E-state index in [1.54, 1.807) is 24.3 Å². The van der Waals surface area contributed by atoms with Crippen LogP contribution in [0.4, 0.5) is 16.2 Å². The average Bonchev–Trinajstić information content (AvgIpc) is 2.84. The second-order valence-corrected chi connectivity index (χ2v) is 4.88. The molecule has 5 nitrogen and oxygen atoms in total. The molecule has 1 aliphatic carbocycles. The molecule has 0 heterocycles. The Labute approximate surface area is 112 Å². The topological polar surface area (TPSA) is 75.4 Å². The van der Waals surface area contributed by atoms with Crippen molar-refractivity contribution in [2.45, 2.75) is 38.6 Å². The van der Waals surface area contributed by atoms with E-state index in [2.05, 4.69) is 5.32 Å². The Morgan fingerprint density at radius 3 is 2.32 bits per heavy atom. The number of hydrogen-bond donors (Lipinski definition) is 2. The number of imide groups is 1. The molecule has 0 spiro atoms. The maximum atomic E-state index is 12.2. The predicted octanol–water partition coefficient (Wildman–Crippen LogP) is 2.27. The van der Waals surface area contributed by atoms with Gasteiger partial charge in [0.15, 0.2) is 0 Å². The van der Waals surface area contributed by atoms with Crippen LogP contribution in [-0.2, 0) is 4.79 Å². The Hall–Kier alpha value is -2.04. The zero-order chi connectivity index (χ0) is 13.8. The lowest BCUT2D eigenvalue weighted by molar-refractivity contribution is -0.115. The molecule has 102 valence electrons. The molecule has 3 N–H and O–H groups in total. The quantitative estimate of drug-likeness (QED) is 0.802. The summed E-state index contributed by atoms with van der Waals surface area (Å²) in [5, 5.41) is 2.91. The van der Waals surface area contributed by atoms with Gasteiger partial charge in [-0.15, -0.1) is 0 Å². The van der Waals surface area contributed by atoms with Crippen molar-refractivity contribution in [1.82, 2.24) is 5.32 Å². The van der Waals surface area contributed by atoms with Crippen molar-refractivity contribution in [1.29, 1.82) is 0 Å². The van der Waals surface area contributed by atoms with E-state index in [0.717, 1.165) is 30.6 Å². The molecular formula is C14H19N3O2. The van der Waals surface area contributed by atoms with Crippen LogP contribution in [0.25, 0.3) is 0 Å². The first-order chi connectivity index (χ1) is 9.08. The molecule has 0 radical (unpaired) electrons. The van der Waals surface area contributed by atoms with Crippen molar-refractivity contribution in [3.8, 4) is 0 Å². The largest absolute Gasteiger partial charge is 0.399 e. The van der Waals surface area contributed by atoms with Crippen LogP contribution in [0.3, 0.4) is 0 Å². The minimum Gasteiger partial charge on any atom is -0.399 e. The number of benzene rings is 1. The van der Waals surface area contributed by atoms with Crippen LogP contribution in [0, 0.1) is 0 Å². The first kappa shape index (κ1) is 13.4. The second-order valence-electron chi connectivity index (χ2n) is 4.88. The van der Waals surface area contributed by atoms with Crippen molar-refractivity contribution >= 4 is 23.3 Å². The summed E-state index contributed by atoms with van der Waals surface area (Å²) < 4.78 is 0. The number of rotatable bonds is 2. The number of carbonyl (C=O) groups excluding carboxylic acids is 2. The Morgan fingerprint density at radius 2 is 1.79 bits per heavy atom. The monoisotopic (exact) mass is 261 g/mol. The maximum Gasteiger partial charge on any atom is 0.328 e. The van der Waals surface area contributed by atoms with E-state index in [-0.39, 0.29) is 18.0 Å². The molecule has 1 aromatic rings. The zero-order valence-corrected chi connectivity index (χ0v) is 11.1. The highest BCUT2D eigenvalue weighted by molar-refractivity contribution is 6.13. The molecule has 1 fully saturated rings. The molecule has 1 saturated carbocycles. The van der Waals surface area contributed by atoms with Crippen molar-refractivity contribution in [2.75, 3.05) is 10.6 Å². The van der Waals surface area contributed by atoms with E-state index in [1.165, 1.54) is 6.92 Å². The normalized spacial score (nSPS) is 15.2. The van der Waals surface area contributed by atoms with Gasteiger partial charge in [0, 0.05) is 18.7 Å². The van der Waals surface area contributed by atoms with E-state index >= 15 is 0 Å². The summed E-state index contributed by atoms with van der Waals surface area (Å²) >= 11 is 0. The van der Waals surface area contributed by atoms with Crippen LogP contribution < -0.4 is 16.0 Å². The first-order valence-corrected chi connectivity index (χ1v) is 6.54. The van der Waals surface area contributed by atoms with Crippen LogP contribution in [0.1, 0.15) is 32.6 Å². The van der Waals surface area contributed by atoms with Gasteiger partial charge in [0.1, 0.15) is 0 Å². The van der Waals surface area contributed by atoms with E-state index in [0.29, 0.717) is 11.4 Å². The third-order valence-corrected chi connectivity index (χ3v) is 3.35. The van der Waals surface area contributed by atoms with Gasteiger partial charge in [0.05, 0.1) is 5.69 Å². The number of carbonyl (C=O) groups is 2. The van der Waals surface area contributed by atoms with Crippen molar-refractivity contribution < 1.29 is 9.59 Å². The van der Waals surface area contributed by atoms with Gasteiger partial charge >= 0.3 is 6.03 Å². The fourth-order valence-electron chi connectivity index (χ4n) is 2.37. The summed E-state index contributed by atoms with van der Waals surface area (Å²) in [6.45, 7) is 1.38. The smallest absolute Gasteiger partial charge is 0.328 e. The number of urea groups is 1. The lowest BCUT2D eigenvalue weighted by atomic mass is 10.2. The van der Waals surface area contributed by atoms with E-state index in [1.807, 2.05) is 0 Å². The van der Waals surface area contributed by atoms with E-state index in [4.69, 9.17) is 5.73 Å². The van der Waals surface area contributed by atoms with Gasteiger partial charge in [0.2, 0.25) is 5.91 Å². The molecule has 0 bridgehead atoms. The van der Waals surface area contributed by atoms with Crippen LogP contribution >= 0.6 is 0 Å². The average molecular weight is 261 g/mol. The molecule has 2 rings (SSSR count). The third-order valence-electron chi connectivity index (χ3n) is 3.35. The molecule has 0 aromatic heterocycles. The molecule has 1 aliphatic rings. The summed E-state index contributed by atoms with van der Waals surface area (Å²) in [6.07, 6.45) is 4.23. The Kier molecular flexibility index (Phi) is 4.04. The zero-order valence-electron chi connectivity index (χ0n) is 11.1. The summed E-state index contributed by atoms with van der Waals surface area (Å²) in [7, 11) is 0. The van der Waals surface area contributed by atoms with Gasteiger partial charge in [-0.25, -0.2) is 9.69 Å². The lowest BCUT2D eigenvalue weighted by Gasteiger charge is -2.22. The molecule has 0 unspecified atom stereocenters. The van der Waals surface area contributed by atoms with Gasteiger partial charge < -0.3 is 11.1 Å². The Morgan fingerprint density at radius 1 is 1.21 bits per heavy atom. The Balaban J connectivity index is 2.12. The number of hydrogen-bond acceptors (Lipinski definition) is 3. The highest BCUT2D eigenvalue weighted by atomic mass is 16.2. The van der Waals surface area contributed by atoms with Gasteiger partial charge in [-0.05, 0) is 37.1 Å². The summed E-state index contributed by atoms with van der Waals surface area (Å²) in [5.74, 6) is -0.305. The minimum absolute atomic E-state index is 0.183. The standard InChI is InChI=1S/C14H19N3O2/c1-10(18)17(13-8-6-11(15)7-9-13)14(19)16-12-4-2-3-5-12/h6-9,12H,2-5,15H2,1H3,(H,16,19). The molecule has 1 aromatic carbocycles. The summed E-state index contributed by atoms with van der Waals surface area (Å²) in [5.41, 5.74) is 6.75. The van der Waals surface area contributed by atoms with Crippen molar-refractivity contribution in [2.24, 2.45) is 0 Å². The fraction of sp³-hybridized carbons (Fsp3) is 0.429. The number of nitrogen functional groups attached to an aromatic ring is 1. The number of anilines is 2. The molecule has 0 saturated heterocycles. The molecule has 0 atom stereocenters. The highest BCUT2D eigenvalue weighted by Gasteiger charge is 2.24. The van der Waals surface area contributed by atoms with Gasteiger partial charge in [-0.2, -0.15) is 0 Å². The number of amides is 3. The molecule has 3 amide bonds. The first-order valence-electron chi connectivity index (χ1n) is 6.54. The van der Waals surface area contributed by atoms with Crippen LogP contribution in [0.5, 0.6) is 0 Å². The molecular weight excluding hydrogens is 242 g/mol. The lowest BCUT2D eigenvalue weighted by Crippen LogP contribution is -2.46. The minimum atomic E-state index is -0.357. The number of nitrogens with two attached hydrogens (primary N) is 1. The molecule has 0 aliphatic heterocycles. The maximum absolute atomic E-state index is 12.2. The summed E-state index contributed by atoms with van der Waals surface area (Å²) in [6, 6.07) is 6.52. The van der Waals surface area contributed by atoms with Crippen molar-refractivity contribution in [3.05, 3.63) is 24.3 Å². The van der Waals surface area contributed by atoms with Crippen LogP contribution in [0.15, 0.2) is 24.3 Å². The molecule has 19 heavy (non-hydrogen) atoms. The second kappa shape index (κ2) is 5.73. The third kappa shape index (κ3) is 3.24. The number of nitrogens with one attached hydrogen (secondary N) is 1. The van der Waals surface area contributed by atoms with Crippen LogP contribution in [-0.4, -0.2) is 18.0 Å². The SMILES string of the molecule is CC(=O)N(C(=O)NC1CCCC1)c1ccc(N)cc1. The molecule has 5 heteroatoms. The number of nitrogens with zero attached hydrogens (tertiary/aromatic N) is 1. The highest BCUT2D eigenvalue weighted by Crippen LogP contribution is 2.20. The van der Waals surface area contributed by atoms with Gasteiger partial charge in [0.25, 0.3) is 0 Å². The summed E-state index contributed by atoms with van der Waals surface area (Å²) in [4.78, 5) is 25.0. The van der Waals surface area contributed by atoms with Crippen LogP contribution in [0.2, 0.25) is 0 Å². The fourth-order valence-corrected chi connectivity index (χ4v) is 2.37.